The summed E-state index contributed by atoms with van der Waals surface area (Å²) >= 11 is 5.32. The summed E-state index contributed by atoms with van der Waals surface area (Å²) in [7, 11) is 0. The summed E-state index contributed by atoms with van der Waals surface area (Å²) in [6, 6.07) is 13.3. The summed E-state index contributed by atoms with van der Waals surface area (Å²) in [4.78, 5) is 4.10. The van der Waals surface area contributed by atoms with Crippen molar-refractivity contribution in [3.05, 3.63) is 53.8 Å². The number of piperazine rings is 1. The minimum atomic E-state index is -0.243. The number of benzene rings is 2. The third kappa shape index (κ3) is 4.71. The number of likely N-dealkylation sites (N-methyl/N-ethyl adjacent to an activating group) is 1. The number of hydrogen-bond acceptors (Lipinski definition) is 2. The maximum absolute atomic E-state index is 13.6. The molecule has 0 atom stereocenters. The second kappa shape index (κ2) is 8.47. The molecule has 0 amide bonds. The molecule has 3 rings (SSSR count). The molecule has 26 heavy (non-hydrogen) atoms. The zero-order valence-corrected chi connectivity index (χ0v) is 16.1. The Bertz CT molecular complexity index is 755. The van der Waals surface area contributed by atoms with E-state index in [-0.39, 0.29) is 5.82 Å². The minimum Gasteiger partial charge on any atom is -0.360 e. The Balaban J connectivity index is 1.55. The molecule has 0 bridgehead atoms. The number of anilines is 3. The fraction of sp³-hybridized carbons (Fsp3) is 0.350. The van der Waals surface area contributed by atoms with Crippen molar-refractivity contribution >= 4 is 34.4 Å². The Kier molecular flexibility index (Phi) is 6.06. The highest BCUT2D eigenvalue weighted by atomic mass is 32.1. The molecule has 1 aliphatic rings. The van der Waals surface area contributed by atoms with Crippen molar-refractivity contribution in [2.75, 3.05) is 48.3 Å². The highest BCUT2D eigenvalue weighted by molar-refractivity contribution is 7.80. The SMILES string of the molecule is CC[NH+]1CCN(c2ccc(NC(=S)Nc3ccc(C)c(F)c3)cc2)CC1. The van der Waals surface area contributed by atoms with Gasteiger partial charge < -0.3 is 20.4 Å². The van der Waals surface area contributed by atoms with E-state index in [0.717, 1.165) is 18.8 Å². The van der Waals surface area contributed by atoms with Gasteiger partial charge in [0.25, 0.3) is 0 Å². The maximum atomic E-state index is 13.6. The number of nitrogens with zero attached hydrogens (tertiary/aromatic N) is 1. The first kappa shape index (κ1) is 18.6. The van der Waals surface area contributed by atoms with Gasteiger partial charge in [-0.2, -0.15) is 0 Å². The summed E-state index contributed by atoms with van der Waals surface area (Å²) in [5.41, 5.74) is 3.41. The lowest BCUT2D eigenvalue weighted by molar-refractivity contribution is -0.898. The first-order valence-corrected chi connectivity index (χ1v) is 9.48. The molecule has 6 heteroatoms. The van der Waals surface area contributed by atoms with Crippen LogP contribution in [0.15, 0.2) is 42.5 Å². The fourth-order valence-corrected chi connectivity index (χ4v) is 3.39. The summed E-state index contributed by atoms with van der Waals surface area (Å²) in [6.45, 7) is 9.75. The second-order valence-electron chi connectivity index (χ2n) is 6.68. The molecular formula is C20H26FN4S+. The van der Waals surface area contributed by atoms with Gasteiger partial charge in [-0.05, 0) is 68.0 Å². The Labute approximate surface area is 160 Å². The van der Waals surface area contributed by atoms with E-state index in [9.17, 15) is 4.39 Å². The number of hydrogen-bond donors (Lipinski definition) is 3. The first-order chi connectivity index (χ1) is 12.5. The molecule has 2 aromatic carbocycles. The minimum absolute atomic E-state index is 0.243. The Morgan fingerprint density at radius 2 is 1.69 bits per heavy atom. The van der Waals surface area contributed by atoms with Crippen molar-refractivity contribution in [3.8, 4) is 0 Å². The van der Waals surface area contributed by atoms with Gasteiger partial charge in [-0.25, -0.2) is 4.39 Å². The molecule has 1 saturated heterocycles. The van der Waals surface area contributed by atoms with Gasteiger partial charge in [-0.3, -0.25) is 0 Å². The van der Waals surface area contributed by atoms with E-state index >= 15 is 0 Å². The van der Waals surface area contributed by atoms with Crippen molar-refractivity contribution < 1.29 is 9.29 Å². The van der Waals surface area contributed by atoms with Crippen molar-refractivity contribution in [2.45, 2.75) is 13.8 Å². The average molecular weight is 374 g/mol. The molecule has 4 nitrogen and oxygen atoms in total. The van der Waals surface area contributed by atoms with Crippen LogP contribution in [-0.4, -0.2) is 37.8 Å². The standard InChI is InChI=1S/C20H25FN4S/c1-3-24-10-12-25(13-11-24)18-8-6-16(7-9-18)22-20(26)23-17-5-4-15(2)19(21)14-17/h4-9,14H,3,10-13H2,1-2H3,(H2,22,23,26)/p+1. The van der Waals surface area contributed by atoms with Gasteiger partial charge in [0.15, 0.2) is 5.11 Å². The van der Waals surface area contributed by atoms with Crippen LogP contribution >= 0.6 is 12.2 Å². The summed E-state index contributed by atoms with van der Waals surface area (Å²) in [5, 5.41) is 6.61. The number of nitrogens with one attached hydrogen (secondary N) is 3. The first-order valence-electron chi connectivity index (χ1n) is 9.08. The number of rotatable bonds is 4. The second-order valence-corrected chi connectivity index (χ2v) is 7.09. The van der Waals surface area contributed by atoms with E-state index in [1.807, 2.05) is 18.2 Å². The highest BCUT2D eigenvalue weighted by Gasteiger charge is 2.18. The molecule has 1 aliphatic heterocycles. The van der Waals surface area contributed by atoms with E-state index < -0.39 is 0 Å². The summed E-state index contributed by atoms with van der Waals surface area (Å²) in [5.74, 6) is -0.243. The van der Waals surface area contributed by atoms with Crippen molar-refractivity contribution in [3.63, 3.8) is 0 Å². The lowest BCUT2D eigenvalue weighted by Gasteiger charge is -2.33. The number of quaternary nitrogens is 1. The Morgan fingerprint density at radius 1 is 1.08 bits per heavy atom. The molecule has 138 valence electrons. The van der Waals surface area contributed by atoms with E-state index in [4.69, 9.17) is 12.2 Å². The van der Waals surface area contributed by atoms with Gasteiger partial charge in [0.1, 0.15) is 5.82 Å². The fourth-order valence-electron chi connectivity index (χ4n) is 3.15. The van der Waals surface area contributed by atoms with Gasteiger partial charge in [0.05, 0.1) is 32.7 Å². The molecule has 1 fully saturated rings. The molecule has 0 saturated carbocycles. The molecule has 2 aromatic rings. The van der Waals surface area contributed by atoms with Gasteiger partial charge in [-0.15, -0.1) is 0 Å². The lowest BCUT2D eigenvalue weighted by Crippen LogP contribution is -3.14. The Morgan fingerprint density at radius 3 is 2.31 bits per heavy atom. The highest BCUT2D eigenvalue weighted by Crippen LogP contribution is 2.19. The van der Waals surface area contributed by atoms with Crippen LogP contribution in [0, 0.1) is 12.7 Å². The molecule has 1 heterocycles. The van der Waals surface area contributed by atoms with Crippen LogP contribution in [0.1, 0.15) is 12.5 Å². The van der Waals surface area contributed by atoms with Crippen molar-refractivity contribution in [1.29, 1.82) is 0 Å². The van der Waals surface area contributed by atoms with Crippen molar-refractivity contribution in [2.24, 2.45) is 0 Å². The van der Waals surface area contributed by atoms with E-state index in [1.54, 1.807) is 17.9 Å². The topological polar surface area (TPSA) is 31.7 Å². The van der Waals surface area contributed by atoms with Gasteiger partial charge >= 0.3 is 0 Å². The molecule has 3 N–H and O–H groups in total. The van der Waals surface area contributed by atoms with Crippen molar-refractivity contribution in [1.82, 2.24) is 0 Å². The van der Waals surface area contributed by atoms with E-state index in [2.05, 4.69) is 34.6 Å². The molecule has 0 unspecified atom stereocenters. The predicted octanol–water partition coefficient (Wildman–Crippen LogP) is 2.67. The predicted molar refractivity (Wildman–Crippen MR) is 111 cm³/mol. The summed E-state index contributed by atoms with van der Waals surface area (Å²) < 4.78 is 13.6. The van der Waals surface area contributed by atoms with Gasteiger partial charge in [-0.1, -0.05) is 6.07 Å². The monoisotopic (exact) mass is 373 g/mol. The molecule has 0 aliphatic carbocycles. The zero-order chi connectivity index (χ0) is 18.5. The van der Waals surface area contributed by atoms with Crippen LogP contribution in [0.4, 0.5) is 21.5 Å². The van der Waals surface area contributed by atoms with E-state index in [1.165, 1.54) is 31.4 Å². The van der Waals surface area contributed by atoms with Crippen LogP contribution in [0.3, 0.4) is 0 Å². The van der Waals surface area contributed by atoms with E-state index in [0.29, 0.717) is 16.4 Å². The third-order valence-electron chi connectivity index (χ3n) is 4.89. The number of aryl methyl sites for hydroxylation is 1. The number of thiocarbonyl (C=S) groups is 1. The average Bonchev–Trinajstić information content (AvgIpc) is 2.65. The van der Waals surface area contributed by atoms with Gasteiger partial charge in [0, 0.05) is 17.1 Å². The van der Waals surface area contributed by atoms with Gasteiger partial charge in [0.2, 0.25) is 0 Å². The molecule has 0 radical (unpaired) electrons. The molecular weight excluding hydrogens is 347 g/mol. The van der Waals surface area contributed by atoms with Crippen LogP contribution in [0.25, 0.3) is 0 Å². The maximum Gasteiger partial charge on any atom is 0.175 e. The lowest BCUT2D eigenvalue weighted by atomic mass is 10.2. The van der Waals surface area contributed by atoms with Crippen LogP contribution < -0.4 is 20.4 Å². The van der Waals surface area contributed by atoms with Crippen LogP contribution in [-0.2, 0) is 0 Å². The molecule has 0 aromatic heterocycles. The smallest absolute Gasteiger partial charge is 0.175 e. The zero-order valence-electron chi connectivity index (χ0n) is 15.3. The third-order valence-corrected chi connectivity index (χ3v) is 5.09. The molecule has 0 spiro atoms. The largest absolute Gasteiger partial charge is 0.360 e. The summed E-state index contributed by atoms with van der Waals surface area (Å²) in [6.07, 6.45) is 0. The quantitative estimate of drug-likeness (QED) is 0.720. The number of halogens is 1. The Hall–Kier alpha value is -2.18. The van der Waals surface area contributed by atoms with Crippen LogP contribution in [0.2, 0.25) is 0 Å². The van der Waals surface area contributed by atoms with Crippen LogP contribution in [0.5, 0.6) is 0 Å². The normalized spacial score (nSPS) is 15.0.